The molecule has 0 saturated heterocycles. The van der Waals surface area contributed by atoms with E-state index in [0.717, 1.165) is 12.8 Å². The molecule has 0 unspecified atom stereocenters. The molecule has 0 aliphatic heterocycles. The third-order valence-corrected chi connectivity index (χ3v) is 6.85. The number of benzene rings is 2. The summed E-state index contributed by atoms with van der Waals surface area (Å²) in [5.41, 5.74) is 1.00. The fraction of sp³-hybridized carbons (Fsp3) is 0.273. The van der Waals surface area contributed by atoms with Gasteiger partial charge in [-0.3, -0.25) is 0 Å². The van der Waals surface area contributed by atoms with Crippen LogP contribution in [0, 0.1) is 0 Å². The van der Waals surface area contributed by atoms with Crippen molar-refractivity contribution < 1.29 is 28.5 Å². The second kappa shape index (κ2) is 12.7. The minimum atomic E-state index is -2.58. The standard InChI is InChI=1S/C22H23Cl3O6Si/c1-28-20-15-19(11-5-16(20)8-12-21(26)29-2)31-22(27)17-6-9-18(10-7-17)30-13-3-4-14-32(23,24)25/h5-12,15H,3-4,13-14H2,1-2H3/b12-8+. The van der Waals surface area contributed by atoms with Crippen LogP contribution in [0.4, 0.5) is 0 Å². The van der Waals surface area contributed by atoms with E-state index in [2.05, 4.69) is 4.74 Å². The van der Waals surface area contributed by atoms with Crippen molar-refractivity contribution in [2.24, 2.45) is 0 Å². The SMILES string of the molecule is COC(=O)/C=C/c1ccc(OC(=O)c2ccc(OCCCC[Si](Cl)(Cl)Cl)cc2)cc1OC. The number of hydrogen-bond donors (Lipinski definition) is 0. The Bertz CT molecular complexity index is 942. The van der Waals surface area contributed by atoms with Crippen molar-refractivity contribution in [1.29, 1.82) is 0 Å². The second-order valence-electron chi connectivity index (χ2n) is 6.59. The van der Waals surface area contributed by atoms with E-state index in [1.807, 2.05) is 0 Å². The van der Waals surface area contributed by atoms with Gasteiger partial charge in [0.2, 0.25) is 0 Å². The van der Waals surface area contributed by atoms with Crippen molar-refractivity contribution in [2.45, 2.75) is 18.9 Å². The zero-order valence-corrected chi connectivity index (χ0v) is 20.9. The average molecular weight is 518 g/mol. The summed E-state index contributed by atoms with van der Waals surface area (Å²) in [6.45, 7) is 0.496. The predicted molar refractivity (Wildman–Crippen MR) is 128 cm³/mol. The minimum Gasteiger partial charge on any atom is -0.496 e. The molecule has 0 spiro atoms. The zero-order chi connectivity index (χ0) is 23.6. The normalized spacial score (nSPS) is 11.3. The highest BCUT2D eigenvalue weighted by Crippen LogP contribution is 2.28. The summed E-state index contributed by atoms with van der Waals surface area (Å²) in [7, 11) is 2.77. The molecule has 2 rings (SSSR count). The average Bonchev–Trinajstić information content (AvgIpc) is 2.77. The Labute approximate surface area is 202 Å². The van der Waals surface area contributed by atoms with Gasteiger partial charge in [-0.05, 0) is 61.4 Å². The first kappa shape index (κ1) is 26.1. The Morgan fingerprint density at radius 1 is 0.969 bits per heavy atom. The number of carbonyl (C=O) groups excluding carboxylic acids is 2. The molecule has 2 aromatic carbocycles. The number of rotatable bonds is 11. The van der Waals surface area contributed by atoms with E-state index in [1.54, 1.807) is 48.5 Å². The van der Waals surface area contributed by atoms with E-state index in [9.17, 15) is 9.59 Å². The Balaban J connectivity index is 1.92. The van der Waals surface area contributed by atoms with E-state index in [0.29, 0.717) is 41.0 Å². The molecule has 0 radical (unpaired) electrons. The van der Waals surface area contributed by atoms with Crippen LogP contribution in [0.2, 0.25) is 6.04 Å². The van der Waals surface area contributed by atoms with E-state index in [-0.39, 0.29) is 0 Å². The summed E-state index contributed by atoms with van der Waals surface area (Å²) < 4.78 is 20.9. The van der Waals surface area contributed by atoms with E-state index in [4.69, 9.17) is 47.4 Å². The van der Waals surface area contributed by atoms with Crippen LogP contribution in [0.1, 0.15) is 28.8 Å². The Hall–Kier alpha value is -2.19. The van der Waals surface area contributed by atoms with Crippen molar-refractivity contribution in [3.63, 3.8) is 0 Å². The summed E-state index contributed by atoms with van der Waals surface area (Å²) in [5, 5.41) is 0. The van der Waals surface area contributed by atoms with Crippen molar-refractivity contribution in [2.75, 3.05) is 20.8 Å². The molecule has 0 aliphatic carbocycles. The summed E-state index contributed by atoms with van der Waals surface area (Å²) >= 11 is 17.5. The lowest BCUT2D eigenvalue weighted by molar-refractivity contribution is -0.134. The predicted octanol–water partition coefficient (Wildman–Crippen LogP) is 5.91. The molecule has 0 fully saturated rings. The quantitative estimate of drug-likeness (QED) is 0.0921. The van der Waals surface area contributed by atoms with Gasteiger partial charge in [0.1, 0.15) is 17.2 Å². The van der Waals surface area contributed by atoms with Crippen LogP contribution in [0.25, 0.3) is 6.08 Å². The van der Waals surface area contributed by atoms with Gasteiger partial charge >= 0.3 is 17.9 Å². The van der Waals surface area contributed by atoms with Crippen molar-refractivity contribution in [1.82, 2.24) is 0 Å². The zero-order valence-electron chi connectivity index (χ0n) is 17.6. The minimum absolute atomic E-state index is 0.305. The second-order valence-corrected chi connectivity index (χ2v) is 15.9. The molecular formula is C22H23Cl3O6Si. The first-order valence-electron chi connectivity index (χ1n) is 9.67. The molecule has 0 N–H and O–H groups in total. The lowest BCUT2D eigenvalue weighted by Gasteiger charge is -2.10. The number of methoxy groups -OCH3 is 2. The van der Waals surface area contributed by atoms with E-state index >= 15 is 0 Å². The summed E-state index contributed by atoms with van der Waals surface area (Å²) in [6.07, 6.45) is 4.38. The molecule has 0 heterocycles. The molecule has 0 aliphatic rings. The molecule has 10 heteroatoms. The Morgan fingerprint density at radius 2 is 1.66 bits per heavy atom. The molecule has 172 valence electrons. The highest BCUT2D eigenvalue weighted by molar-refractivity contribution is 7.64. The van der Waals surface area contributed by atoms with Crippen molar-refractivity contribution in [3.05, 3.63) is 59.7 Å². The van der Waals surface area contributed by atoms with Gasteiger partial charge in [0, 0.05) is 17.7 Å². The van der Waals surface area contributed by atoms with E-state index in [1.165, 1.54) is 20.3 Å². The number of hydrogen-bond acceptors (Lipinski definition) is 6. The van der Waals surface area contributed by atoms with E-state index < -0.39 is 17.9 Å². The molecule has 0 saturated carbocycles. The lowest BCUT2D eigenvalue weighted by atomic mass is 10.1. The third-order valence-electron chi connectivity index (χ3n) is 4.23. The van der Waals surface area contributed by atoms with Crippen LogP contribution in [0.15, 0.2) is 48.5 Å². The van der Waals surface area contributed by atoms with Crippen LogP contribution >= 0.6 is 33.2 Å². The van der Waals surface area contributed by atoms with Crippen LogP contribution in [0.5, 0.6) is 17.2 Å². The Morgan fingerprint density at radius 3 is 2.28 bits per heavy atom. The number of halogens is 3. The number of esters is 2. The molecule has 0 amide bonds. The molecule has 32 heavy (non-hydrogen) atoms. The van der Waals surface area contributed by atoms with Gasteiger partial charge in [-0.15, -0.1) is 33.2 Å². The van der Waals surface area contributed by atoms with Crippen LogP contribution in [0.3, 0.4) is 0 Å². The van der Waals surface area contributed by atoms with Gasteiger partial charge in [0.15, 0.2) is 0 Å². The van der Waals surface area contributed by atoms with Gasteiger partial charge in [0.25, 0.3) is 0 Å². The smallest absolute Gasteiger partial charge is 0.343 e. The maximum absolute atomic E-state index is 12.4. The van der Waals surface area contributed by atoms with Gasteiger partial charge in [-0.1, -0.05) is 0 Å². The van der Waals surface area contributed by atoms with Gasteiger partial charge in [0.05, 0.1) is 26.4 Å². The topological polar surface area (TPSA) is 71.1 Å². The molecular weight excluding hydrogens is 495 g/mol. The molecule has 0 bridgehead atoms. The highest BCUT2D eigenvalue weighted by Gasteiger charge is 2.23. The Kier molecular flexibility index (Phi) is 10.4. The molecule has 0 atom stereocenters. The highest BCUT2D eigenvalue weighted by atomic mass is 35.8. The lowest BCUT2D eigenvalue weighted by Crippen LogP contribution is -2.09. The number of unbranched alkanes of at least 4 members (excludes halogenated alkanes) is 1. The molecule has 2 aromatic rings. The van der Waals surface area contributed by atoms with Crippen LogP contribution < -0.4 is 14.2 Å². The fourth-order valence-corrected chi connectivity index (χ4v) is 4.44. The number of carbonyl (C=O) groups is 2. The van der Waals surface area contributed by atoms with Gasteiger partial charge in [-0.25, -0.2) is 9.59 Å². The summed E-state index contributed by atoms with van der Waals surface area (Å²) in [4.78, 5) is 23.7. The monoisotopic (exact) mass is 516 g/mol. The first-order chi connectivity index (χ1) is 15.2. The van der Waals surface area contributed by atoms with Crippen LogP contribution in [-0.2, 0) is 9.53 Å². The van der Waals surface area contributed by atoms with Crippen molar-refractivity contribution >= 4 is 57.3 Å². The van der Waals surface area contributed by atoms with Gasteiger partial charge < -0.3 is 18.9 Å². The van der Waals surface area contributed by atoms with Crippen LogP contribution in [-0.4, -0.2) is 38.8 Å². The summed E-state index contributed by atoms with van der Waals surface area (Å²) in [5.74, 6) is 0.371. The van der Waals surface area contributed by atoms with Crippen molar-refractivity contribution in [3.8, 4) is 17.2 Å². The largest absolute Gasteiger partial charge is 0.496 e. The maximum Gasteiger partial charge on any atom is 0.343 e. The molecule has 6 nitrogen and oxygen atoms in total. The van der Waals surface area contributed by atoms with Gasteiger partial charge in [-0.2, -0.15) is 0 Å². The molecule has 0 aromatic heterocycles. The maximum atomic E-state index is 12.4. The first-order valence-corrected chi connectivity index (χ1v) is 14.9. The number of ether oxygens (including phenoxy) is 4. The third kappa shape index (κ3) is 9.12. The summed E-state index contributed by atoms with van der Waals surface area (Å²) in [6, 6.07) is 9.49. The fourth-order valence-electron chi connectivity index (χ4n) is 2.59.